The topological polar surface area (TPSA) is 75.2 Å². The summed E-state index contributed by atoms with van der Waals surface area (Å²) in [6.45, 7) is 4.48. The SMILES string of the molecule is CC(C)CC(=O)N1Cc2ccccc2CC1C(=O)Nc1nncs1. The van der Waals surface area contributed by atoms with Crippen molar-refractivity contribution in [1.82, 2.24) is 15.1 Å². The van der Waals surface area contributed by atoms with Gasteiger partial charge in [0.1, 0.15) is 11.6 Å². The van der Waals surface area contributed by atoms with Crippen LogP contribution in [0.1, 0.15) is 31.4 Å². The lowest BCUT2D eigenvalue weighted by Gasteiger charge is -2.36. The molecule has 1 aliphatic heterocycles. The predicted molar refractivity (Wildman–Crippen MR) is 92.5 cm³/mol. The number of nitrogens with one attached hydrogen (secondary N) is 1. The zero-order chi connectivity index (χ0) is 17.1. The van der Waals surface area contributed by atoms with E-state index in [1.807, 2.05) is 38.1 Å². The Kier molecular flexibility index (Phi) is 4.89. The molecule has 0 saturated heterocycles. The lowest BCUT2D eigenvalue weighted by molar-refractivity contribution is -0.140. The second kappa shape index (κ2) is 7.09. The van der Waals surface area contributed by atoms with E-state index in [0.717, 1.165) is 11.1 Å². The van der Waals surface area contributed by atoms with E-state index in [1.54, 1.807) is 10.4 Å². The number of carbonyl (C=O) groups excluding carboxylic acids is 2. The van der Waals surface area contributed by atoms with E-state index < -0.39 is 6.04 Å². The van der Waals surface area contributed by atoms with Crippen molar-refractivity contribution >= 4 is 28.3 Å². The van der Waals surface area contributed by atoms with E-state index >= 15 is 0 Å². The summed E-state index contributed by atoms with van der Waals surface area (Å²) < 4.78 is 0. The highest BCUT2D eigenvalue weighted by molar-refractivity contribution is 7.13. The number of amides is 2. The summed E-state index contributed by atoms with van der Waals surface area (Å²) in [5, 5.41) is 10.8. The van der Waals surface area contributed by atoms with Crippen molar-refractivity contribution in [3.63, 3.8) is 0 Å². The summed E-state index contributed by atoms with van der Waals surface area (Å²) in [5.74, 6) is 0.0526. The first-order chi connectivity index (χ1) is 11.5. The third kappa shape index (κ3) is 3.62. The normalized spacial score (nSPS) is 16.8. The molecule has 2 aromatic rings. The van der Waals surface area contributed by atoms with Crippen LogP contribution in [0.3, 0.4) is 0 Å². The van der Waals surface area contributed by atoms with Crippen LogP contribution in [0.2, 0.25) is 0 Å². The van der Waals surface area contributed by atoms with Crippen molar-refractivity contribution in [3.8, 4) is 0 Å². The molecular weight excluding hydrogens is 324 g/mol. The van der Waals surface area contributed by atoms with Gasteiger partial charge in [0.2, 0.25) is 16.9 Å². The first-order valence-electron chi connectivity index (χ1n) is 7.98. The van der Waals surface area contributed by atoms with Crippen LogP contribution in [0.5, 0.6) is 0 Å². The molecule has 0 fully saturated rings. The monoisotopic (exact) mass is 344 g/mol. The van der Waals surface area contributed by atoms with Gasteiger partial charge in [-0.2, -0.15) is 0 Å². The molecule has 2 amide bonds. The van der Waals surface area contributed by atoms with Crippen molar-refractivity contribution in [2.75, 3.05) is 5.32 Å². The average molecular weight is 344 g/mol. The van der Waals surface area contributed by atoms with Gasteiger partial charge < -0.3 is 4.90 Å². The van der Waals surface area contributed by atoms with Crippen molar-refractivity contribution in [1.29, 1.82) is 0 Å². The molecule has 0 saturated carbocycles. The van der Waals surface area contributed by atoms with Crippen molar-refractivity contribution in [2.24, 2.45) is 5.92 Å². The van der Waals surface area contributed by atoms with Gasteiger partial charge in [0.15, 0.2) is 0 Å². The van der Waals surface area contributed by atoms with Crippen LogP contribution in [0.25, 0.3) is 0 Å². The molecule has 1 N–H and O–H groups in total. The minimum absolute atomic E-state index is 0.0110. The first kappa shape index (κ1) is 16.6. The number of fused-ring (bicyclic) bond motifs is 1. The van der Waals surface area contributed by atoms with E-state index in [-0.39, 0.29) is 17.7 Å². The van der Waals surface area contributed by atoms with E-state index in [1.165, 1.54) is 11.3 Å². The molecule has 24 heavy (non-hydrogen) atoms. The Bertz CT molecular complexity index is 730. The number of aromatic nitrogens is 2. The quantitative estimate of drug-likeness (QED) is 0.924. The minimum Gasteiger partial charge on any atom is -0.326 e. The highest BCUT2D eigenvalue weighted by Crippen LogP contribution is 2.25. The molecule has 0 bridgehead atoms. The van der Waals surface area contributed by atoms with E-state index in [2.05, 4.69) is 15.5 Å². The molecule has 126 valence electrons. The Balaban J connectivity index is 1.84. The third-order valence-electron chi connectivity index (χ3n) is 4.04. The average Bonchev–Trinajstić information content (AvgIpc) is 3.05. The summed E-state index contributed by atoms with van der Waals surface area (Å²) in [6, 6.07) is 7.44. The molecule has 0 aliphatic carbocycles. The molecule has 3 rings (SSSR count). The lowest BCUT2D eigenvalue weighted by Crippen LogP contribution is -2.50. The third-order valence-corrected chi connectivity index (χ3v) is 4.65. The van der Waals surface area contributed by atoms with Gasteiger partial charge in [-0.3, -0.25) is 14.9 Å². The van der Waals surface area contributed by atoms with E-state index in [9.17, 15) is 9.59 Å². The molecule has 1 atom stereocenters. The van der Waals surface area contributed by atoms with Gasteiger partial charge in [-0.15, -0.1) is 10.2 Å². The van der Waals surface area contributed by atoms with E-state index in [4.69, 9.17) is 0 Å². The molecule has 2 heterocycles. The fourth-order valence-electron chi connectivity index (χ4n) is 2.90. The van der Waals surface area contributed by atoms with Crippen LogP contribution in [0, 0.1) is 5.92 Å². The van der Waals surface area contributed by atoms with Gasteiger partial charge in [-0.1, -0.05) is 49.4 Å². The summed E-state index contributed by atoms with van der Waals surface area (Å²) >= 11 is 1.26. The Morgan fingerprint density at radius 3 is 2.75 bits per heavy atom. The molecule has 1 unspecified atom stereocenters. The molecule has 6 nitrogen and oxygen atoms in total. The lowest BCUT2D eigenvalue weighted by atomic mass is 9.92. The fraction of sp³-hybridized carbons (Fsp3) is 0.412. The van der Waals surface area contributed by atoms with Crippen LogP contribution in [0.4, 0.5) is 5.13 Å². The maximum atomic E-state index is 12.7. The summed E-state index contributed by atoms with van der Waals surface area (Å²) in [6.07, 6.45) is 0.954. The minimum atomic E-state index is -0.518. The van der Waals surface area contributed by atoms with Crippen LogP contribution in [-0.2, 0) is 22.6 Å². The Hall–Kier alpha value is -2.28. The highest BCUT2D eigenvalue weighted by atomic mass is 32.1. The Morgan fingerprint density at radius 1 is 1.33 bits per heavy atom. The van der Waals surface area contributed by atoms with Crippen molar-refractivity contribution in [2.45, 2.75) is 39.3 Å². The van der Waals surface area contributed by atoms with Crippen molar-refractivity contribution in [3.05, 3.63) is 40.9 Å². The molecule has 7 heteroatoms. The van der Waals surface area contributed by atoms with Crippen LogP contribution in [0.15, 0.2) is 29.8 Å². The number of benzene rings is 1. The maximum absolute atomic E-state index is 12.7. The number of hydrogen-bond acceptors (Lipinski definition) is 5. The summed E-state index contributed by atoms with van der Waals surface area (Å²) in [7, 11) is 0. The van der Waals surface area contributed by atoms with Gasteiger partial charge in [-0.25, -0.2) is 0 Å². The summed E-state index contributed by atoms with van der Waals surface area (Å²) in [5.41, 5.74) is 3.78. The molecule has 1 aromatic carbocycles. The van der Waals surface area contributed by atoms with Gasteiger partial charge in [0.05, 0.1) is 0 Å². The second-order valence-corrected chi connectivity index (χ2v) is 7.17. The number of carbonyl (C=O) groups is 2. The number of rotatable bonds is 4. The molecule has 0 radical (unpaired) electrons. The Labute approximate surface area is 144 Å². The molecule has 1 aliphatic rings. The molecular formula is C17H20N4O2S. The fourth-order valence-corrected chi connectivity index (χ4v) is 3.35. The molecule has 0 spiro atoms. The molecule has 1 aromatic heterocycles. The largest absolute Gasteiger partial charge is 0.326 e. The van der Waals surface area contributed by atoms with Crippen molar-refractivity contribution < 1.29 is 9.59 Å². The highest BCUT2D eigenvalue weighted by Gasteiger charge is 2.34. The van der Waals surface area contributed by atoms with Crippen LogP contribution in [-0.4, -0.2) is 33.0 Å². The zero-order valence-corrected chi connectivity index (χ0v) is 14.5. The van der Waals surface area contributed by atoms with Gasteiger partial charge >= 0.3 is 0 Å². The Morgan fingerprint density at radius 2 is 2.08 bits per heavy atom. The second-order valence-electron chi connectivity index (χ2n) is 6.34. The number of nitrogens with zero attached hydrogens (tertiary/aromatic N) is 3. The first-order valence-corrected chi connectivity index (χ1v) is 8.86. The van der Waals surface area contributed by atoms with Crippen LogP contribution >= 0.6 is 11.3 Å². The maximum Gasteiger partial charge on any atom is 0.249 e. The predicted octanol–water partition coefficient (Wildman–Crippen LogP) is 2.48. The standard InChI is InChI=1S/C17H20N4O2S/c1-11(2)7-15(22)21-9-13-6-4-3-5-12(13)8-14(21)16(23)19-17-20-18-10-24-17/h3-6,10-11,14H,7-9H2,1-2H3,(H,19,20,23). The summed E-state index contributed by atoms with van der Waals surface area (Å²) in [4.78, 5) is 27.1. The number of hydrogen-bond donors (Lipinski definition) is 1. The van der Waals surface area contributed by atoms with Gasteiger partial charge in [-0.05, 0) is 17.0 Å². The zero-order valence-electron chi connectivity index (χ0n) is 13.7. The van der Waals surface area contributed by atoms with E-state index in [0.29, 0.717) is 24.5 Å². The van der Waals surface area contributed by atoms with Gasteiger partial charge in [0, 0.05) is 19.4 Å². The smallest absolute Gasteiger partial charge is 0.249 e. The van der Waals surface area contributed by atoms with Crippen LogP contribution < -0.4 is 5.32 Å². The van der Waals surface area contributed by atoms with Gasteiger partial charge in [0.25, 0.3) is 0 Å². The number of anilines is 1.